The van der Waals surface area contributed by atoms with E-state index in [1.165, 1.54) is 11.5 Å². The van der Waals surface area contributed by atoms with Crippen molar-refractivity contribution in [1.82, 2.24) is 25.1 Å². The van der Waals surface area contributed by atoms with Crippen molar-refractivity contribution < 1.29 is 14.1 Å². The molecule has 0 aromatic carbocycles. The van der Waals surface area contributed by atoms with Crippen LogP contribution in [0.25, 0.3) is 10.6 Å². The molecule has 0 bridgehead atoms. The number of carbonyl (C=O) groups excluding carboxylic acids is 2. The number of nitrogens with zero attached hydrogens (tertiary/aromatic N) is 5. The van der Waals surface area contributed by atoms with Crippen LogP contribution in [0.4, 0.5) is 0 Å². The molecule has 0 radical (unpaired) electrons. The zero-order chi connectivity index (χ0) is 18.1. The topological polar surface area (TPSA) is 114 Å². The highest BCUT2D eigenvalue weighted by atomic mass is 32.1. The summed E-state index contributed by atoms with van der Waals surface area (Å²) in [5, 5.41) is 12.1. The van der Waals surface area contributed by atoms with Gasteiger partial charge < -0.3 is 9.42 Å². The molecule has 0 unspecified atom stereocenters. The average molecular weight is 374 g/mol. The highest BCUT2D eigenvalue weighted by Gasteiger charge is 2.32. The predicted octanol–water partition coefficient (Wildman–Crippen LogP) is 1.47. The summed E-state index contributed by atoms with van der Waals surface area (Å²) in [6, 6.07) is 1.86. The van der Waals surface area contributed by atoms with Gasteiger partial charge in [-0.25, -0.2) is 5.43 Å². The van der Waals surface area contributed by atoms with E-state index in [0.717, 1.165) is 29.1 Å². The largest absolute Gasteiger partial charge is 0.355 e. The maximum absolute atomic E-state index is 12.7. The van der Waals surface area contributed by atoms with Crippen LogP contribution in [0, 0.1) is 6.92 Å². The minimum atomic E-state index is -0.154. The van der Waals surface area contributed by atoms with Crippen LogP contribution in [0.2, 0.25) is 0 Å². The fourth-order valence-electron chi connectivity index (χ4n) is 3.30. The summed E-state index contributed by atoms with van der Waals surface area (Å²) >= 11 is 1.28. The van der Waals surface area contributed by atoms with E-state index in [2.05, 4.69) is 25.3 Å². The van der Waals surface area contributed by atoms with E-state index < -0.39 is 0 Å². The van der Waals surface area contributed by atoms with Crippen LogP contribution in [0.3, 0.4) is 0 Å². The van der Waals surface area contributed by atoms with E-state index in [1.807, 2.05) is 13.0 Å². The van der Waals surface area contributed by atoms with Gasteiger partial charge in [0.15, 0.2) is 5.76 Å². The van der Waals surface area contributed by atoms with E-state index in [9.17, 15) is 9.59 Å². The Hall–Kier alpha value is -2.62. The van der Waals surface area contributed by atoms with Crippen LogP contribution in [-0.2, 0) is 9.59 Å². The molecular weight excluding hydrogens is 356 g/mol. The molecule has 2 aromatic heterocycles. The fraction of sp³-hybridized carbons (Fsp3) is 0.500. The second-order valence-electron chi connectivity index (χ2n) is 6.50. The quantitative estimate of drug-likeness (QED) is 0.870. The van der Waals surface area contributed by atoms with Crippen LogP contribution >= 0.6 is 11.5 Å². The van der Waals surface area contributed by atoms with Crippen molar-refractivity contribution in [1.29, 1.82) is 0 Å². The predicted molar refractivity (Wildman–Crippen MR) is 93.5 cm³/mol. The van der Waals surface area contributed by atoms with Crippen molar-refractivity contribution in [2.75, 3.05) is 13.1 Å². The van der Waals surface area contributed by atoms with Crippen LogP contribution in [0.1, 0.15) is 43.0 Å². The zero-order valence-electron chi connectivity index (χ0n) is 14.3. The van der Waals surface area contributed by atoms with Crippen molar-refractivity contribution in [2.24, 2.45) is 5.10 Å². The molecule has 26 heavy (non-hydrogen) atoms. The second kappa shape index (κ2) is 6.94. The normalized spacial score (nSPS) is 20.7. The molecule has 0 spiro atoms. The second-order valence-corrected chi connectivity index (χ2v) is 7.26. The highest BCUT2D eigenvalue weighted by molar-refractivity contribution is 7.09. The molecule has 1 N–H and O–H groups in total. The summed E-state index contributed by atoms with van der Waals surface area (Å²) in [6.45, 7) is 3.10. The summed E-state index contributed by atoms with van der Waals surface area (Å²) < 4.78 is 9.44. The Morgan fingerprint density at radius 1 is 1.42 bits per heavy atom. The van der Waals surface area contributed by atoms with E-state index in [1.54, 1.807) is 4.90 Å². The Labute approximate surface area is 153 Å². The van der Waals surface area contributed by atoms with Crippen LogP contribution in [0.5, 0.6) is 0 Å². The summed E-state index contributed by atoms with van der Waals surface area (Å²) in [4.78, 5) is 26.6. The van der Waals surface area contributed by atoms with Crippen molar-refractivity contribution >= 4 is 29.1 Å². The summed E-state index contributed by atoms with van der Waals surface area (Å²) in [7, 11) is 0. The Balaban J connectivity index is 1.52. The Bertz CT molecular complexity index is 873. The maximum atomic E-state index is 12.7. The smallest absolute Gasteiger partial charge is 0.270 e. The molecule has 1 fully saturated rings. The summed E-state index contributed by atoms with van der Waals surface area (Å²) in [6.07, 6.45) is 2.49. The number of likely N-dealkylation sites (tertiary alicyclic amines) is 1. The van der Waals surface area contributed by atoms with Gasteiger partial charge in [0.1, 0.15) is 10.6 Å². The number of aryl methyl sites for hydroxylation is 1. The van der Waals surface area contributed by atoms with Crippen molar-refractivity contribution in [3.63, 3.8) is 0 Å². The SMILES string of the molecule is Cc1cc(-c2snnc2[C@H]2CCCN(C(=O)C3=NNC(=O)CC3)C2)on1. The van der Waals surface area contributed by atoms with Gasteiger partial charge >= 0.3 is 0 Å². The van der Waals surface area contributed by atoms with Crippen LogP contribution in [-0.4, -0.2) is 50.3 Å². The number of rotatable bonds is 3. The lowest BCUT2D eigenvalue weighted by atomic mass is 9.93. The lowest BCUT2D eigenvalue weighted by Gasteiger charge is -2.32. The Morgan fingerprint density at radius 3 is 3.04 bits per heavy atom. The van der Waals surface area contributed by atoms with Crippen molar-refractivity contribution in [3.05, 3.63) is 17.5 Å². The monoisotopic (exact) mass is 374 g/mol. The molecule has 4 heterocycles. The average Bonchev–Trinajstić information content (AvgIpc) is 3.30. The first kappa shape index (κ1) is 16.8. The van der Waals surface area contributed by atoms with Crippen molar-refractivity contribution in [3.8, 4) is 10.6 Å². The Morgan fingerprint density at radius 2 is 2.31 bits per heavy atom. The molecule has 2 aliphatic heterocycles. The number of carbonyl (C=O) groups is 2. The van der Waals surface area contributed by atoms with E-state index >= 15 is 0 Å². The molecule has 1 saturated heterocycles. The first-order valence-electron chi connectivity index (χ1n) is 8.52. The minimum absolute atomic E-state index is 0.0886. The molecule has 9 nitrogen and oxygen atoms in total. The lowest BCUT2D eigenvalue weighted by Crippen LogP contribution is -2.44. The van der Waals surface area contributed by atoms with Gasteiger partial charge in [0.25, 0.3) is 5.91 Å². The molecule has 136 valence electrons. The molecule has 10 heteroatoms. The molecule has 2 amide bonds. The summed E-state index contributed by atoms with van der Waals surface area (Å²) in [5.74, 6) is 0.481. The van der Waals surface area contributed by atoms with E-state index in [-0.39, 0.29) is 17.7 Å². The highest BCUT2D eigenvalue weighted by Crippen LogP contribution is 2.35. The number of amides is 2. The van der Waals surface area contributed by atoms with Crippen LogP contribution in [0.15, 0.2) is 15.7 Å². The third-order valence-corrected chi connectivity index (χ3v) is 5.37. The van der Waals surface area contributed by atoms with Gasteiger partial charge in [-0.1, -0.05) is 9.64 Å². The van der Waals surface area contributed by atoms with E-state index in [0.29, 0.717) is 37.4 Å². The van der Waals surface area contributed by atoms with Gasteiger partial charge in [0.05, 0.1) is 11.4 Å². The molecule has 2 aliphatic rings. The molecule has 1 atom stereocenters. The standard InChI is InChI=1S/C16H18N6O3S/c1-9-7-12(25-20-9)15-14(19-21-26-15)10-3-2-6-22(8-10)16(24)11-4-5-13(23)18-17-11/h7,10H,2-6,8H2,1H3,(H,18,23)/t10-/m0/s1. The number of piperidine rings is 1. The van der Waals surface area contributed by atoms with Crippen molar-refractivity contribution in [2.45, 2.75) is 38.5 Å². The van der Waals surface area contributed by atoms with Gasteiger partial charge in [0.2, 0.25) is 5.91 Å². The lowest BCUT2D eigenvalue weighted by molar-refractivity contribution is -0.125. The number of aromatic nitrogens is 3. The molecular formula is C16H18N6O3S. The maximum Gasteiger partial charge on any atom is 0.270 e. The number of hydrogen-bond donors (Lipinski definition) is 1. The first-order valence-corrected chi connectivity index (χ1v) is 9.30. The van der Waals surface area contributed by atoms with Gasteiger partial charge in [-0.2, -0.15) is 5.10 Å². The van der Waals surface area contributed by atoms with Crippen LogP contribution < -0.4 is 5.43 Å². The number of nitrogens with one attached hydrogen (secondary N) is 1. The molecule has 0 aliphatic carbocycles. The minimum Gasteiger partial charge on any atom is -0.355 e. The van der Waals surface area contributed by atoms with Gasteiger partial charge in [-0.3, -0.25) is 9.59 Å². The van der Waals surface area contributed by atoms with Gasteiger partial charge in [-0.15, -0.1) is 5.10 Å². The third-order valence-electron chi connectivity index (χ3n) is 4.61. The number of hydrogen-bond acceptors (Lipinski definition) is 8. The molecule has 4 rings (SSSR count). The zero-order valence-corrected chi connectivity index (χ0v) is 15.1. The molecule has 0 saturated carbocycles. The molecule has 2 aromatic rings. The third kappa shape index (κ3) is 3.24. The van der Waals surface area contributed by atoms with Gasteiger partial charge in [0, 0.05) is 37.9 Å². The fourth-order valence-corrected chi connectivity index (χ4v) is 4.00. The number of hydrazone groups is 1. The Kier molecular flexibility index (Phi) is 4.49. The van der Waals surface area contributed by atoms with Gasteiger partial charge in [-0.05, 0) is 31.3 Å². The van der Waals surface area contributed by atoms with E-state index in [4.69, 9.17) is 4.52 Å². The first-order chi connectivity index (χ1) is 12.6. The summed E-state index contributed by atoms with van der Waals surface area (Å²) in [5.41, 5.74) is 4.45.